The van der Waals surface area contributed by atoms with Crippen LogP contribution in [0.2, 0.25) is 10.0 Å². The number of benzene rings is 8. The summed E-state index contributed by atoms with van der Waals surface area (Å²) in [5, 5.41) is 72.3. The molecule has 8 aromatic rings. The summed E-state index contributed by atoms with van der Waals surface area (Å²) in [4.78, 5) is 47.6. The molecule has 0 heterocycles. The van der Waals surface area contributed by atoms with Crippen molar-refractivity contribution in [2.45, 2.75) is 0 Å². The number of amides is 2. The second-order valence-electron chi connectivity index (χ2n) is 14.5. The van der Waals surface area contributed by atoms with E-state index in [-0.39, 0.29) is 55.3 Å². The SMILES string of the molecule is O=C(NN=Cc1cccc([N+](=O)[O-])c1)c1cc2ccccc2c(N=Nc2ccc(-c3ccc(N=Nc4c(O)c(C(=O)NN=Cc5cccc([N+](=O)[O-])c5)cc5ccccc45)c(Cl)c3)cc2Cl)c1O. The van der Waals surface area contributed by atoms with E-state index in [1.165, 1.54) is 61.0 Å². The van der Waals surface area contributed by atoms with Crippen LogP contribution < -0.4 is 10.9 Å². The van der Waals surface area contributed by atoms with Crippen LogP contribution in [0.3, 0.4) is 0 Å². The number of fused-ring (bicyclic) bond motifs is 2. The van der Waals surface area contributed by atoms with E-state index in [2.05, 4.69) is 41.5 Å². The van der Waals surface area contributed by atoms with Crippen LogP contribution in [-0.4, -0.2) is 44.3 Å². The fourth-order valence-corrected chi connectivity index (χ4v) is 7.25. The summed E-state index contributed by atoms with van der Waals surface area (Å²) in [5.41, 5.74) is 6.56. The zero-order valence-electron chi connectivity index (χ0n) is 34.7. The van der Waals surface area contributed by atoms with Crippen molar-refractivity contribution in [1.29, 1.82) is 0 Å². The van der Waals surface area contributed by atoms with E-state index in [0.29, 0.717) is 43.8 Å². The molecule has 0 aliphatic heterocycles. The minimum absolute atomic E-state index is 0.00600. The Kier molecular flexibility index (Phi) is 13.2. The van der Waals surface area contributed by atoms with Crippen LogP contribution in [0.4, 0.5) is 34.1 Å². The number of azo groups is 2. The van der Waals surface area contributed by atoms with Crippen LogP contribution in [0.15, 0.2) is 176 Å². The third kappa shape index (κ3) is 10.0. The molecule has 0 saturated heterocycles. The maximum absolute atomic E-state index is 13.2. The molecule has 20 heteroatoms. The summed E-state index contributed by atoms with van der Waals surface area (Å²) in [5.74, 6) is -2.49. The van der Waals surface area contributed by atoms with E-state index in [9.17, 15) is 40.0 Å². The lowest BCUT2D eigenvalue weighted by Gasteiger charge is -2.10. The number of hydrogen-bond acceptors (Lipinski definition) is 14. The van der Waals surface area contributed by atoms with Crippen molar-refractivity contribution in [3.63, 3.8) is 0 Å². The summed E-state index contributed by atoms with van der Waals surface area (Å²) >= 11 is 13.4. The number of phenolic OH excluding ortho intramolecular Hbond substituents is 2. The first-order valence-electron chi connectivity index (χ1n) is 19.9. The molecule has 0 saturated carbocycles. The van der Waals surface area contributed by atoms with E-state index in [0.717, 1.165) is 0 Å². The van der Waals surface area contributed by atoms with Crippen LogP contribution in [0.1, 0.15) is 31.8 Å². The molecule has 8 rings (SSSR count). The summed E-state index contributed by atoms with van der Waals surface area (Å²) in [7, 11) is 0. The predicted molar refractivity (Wildman–Crippen MR) is 258 cm³/mol. The molecule has 0 bridgehead atoms. The summed E-state index contributed by atoms with van der Waals surface area (Å²) in [6.45, 7) is 0. The molecule has 0 atom stereocenters. The lowest BCUT2D eigenvalue weighted by Crippen LogP contribution is -2.17. The van der Waals surface area contributed by atoms with Gasteiger partial charge in [-0.25, -0.2) is 10.9 Å². The highest BCUT2D eigenvalue weighted by atomic mass is 35.5. The summed E-state index contributed by atoms with van der Waals surface area (Å²) in [6, 6.07) is 38.1. The maximum atomic E-state index is 13.2. The van der Waals surface area contributed by atoms with Gasteiger partial charge in [0.1, 0.15) is 22.7 Å². The standard InChI is InChI=1S/C48H30Cl2N10O8/c49-39-23-29(15-17-41(39)53-55-43-35-13-3-1-9-31(35)21-37(45(43)61)47(63)57-51-25-27-7-5-11-33(19-27)59(65)66)30-16-18-42(40(50)24-30)54-56-44-36-14-4-2-10-32(36)22-38(46(44)62)48(64)58-52-26-28-8-6-12-34(20-28)60(67)68/h1-26,61-62H,(H,57,63)(H,58,64). The molecule has 334 valence electrons. The number of nitro groups is 2. The zero-order valence-corrected chi connectivity index (χ0v) is 36.2. The largest absolute Gasteiger partial charge is 0.505 e. The Morgan fingerprint density at radius 1 is 0.515 bits per heavy atom. The van der Waals surface area contributed by atoms with Crippen LogP contribution in [0.25, 0.3) is 32.7 Å². The van der Waals surface area contributed by atoms with Crippen LogP contribution in [0.5, 0.6) is 11.5 Å². The van der Waals surface area contributed by atoms with Gasteiger partial charge in [0, 0.05) is 46.2 Å². The quantitative estimate of drug-likeness (QED) is 0.0373. The van der Waals surface area contributed by atoms with Gasteiger partial charge in [0.05, 0.1) is 43.4 Å². The number of hydrazone groups is 2. The molecule has 0 aromatic heterocycles. The molecular weight excluding hydrogens is 915 g/mol. The van der Waals surface area contributed by atoms with E-state index < -0.39 is 33.2 Å². The van der Waals surface area contributed by atoms with Crippen molar-refractivity contribution in [3.05, 3.63) is 198 Å². The number of nitrogens with zero attached hydrogens (tertiary/aromatic N) is 8. The minimum Gasteiger partial charge on any atom is -0.505 e. The highest BCUT2D eigenvalue weighted by Crippen LogP contribution is 2.43. The van der Waals surface area contributed by atoms with Crippen LogP contribution in [0, 0.1) is 20.2 Å². The number of non-ortho nitro benzene ring substituents is 2. The first-order valence-corrected chi connectivity index (χ1v) is 20.7. The average Bonchev–Trinajstić information content (AvgIpc) is 3.33. The summed E-state index contributed by atoms with van der Waals surface area (Å²) < 4.78 is 0. The average molecular weight is 946 g/mol. The van der Waals surface area contributed by atoms with E-state index >= 15 is 0 Å². The fourth-order valence-electron chi connectivity index (χ4n) is 6.82. The predicted octanol–water partition coefficient (Wildman–Crippen LogP) is 12.6. The number of carbonyl (C=O) groups excluding carboxylic acids is 2. The van der Waals surface area contributed by atoms with Crippen LogP contribution >= 0.6 is 23.2 Å². The number of halogens is 2. The molecule has 2 amide bonds. The molecule has 68 heavy (non-hydrogen) atoms. The number of phenols is 2. The van der Waals surface area contributed by atoms with Crippen molar-refractivity contribution in [2.75, 3.05) is 0 Å². The molecule has 0 aliphatic carbocycles. The Morgan fingerprint density at radius 2 is 0.926 bits per heavy atom. The van der Waals surface area contributed by atoms with Crippen molar-refractivity contribution in [1.82, 2.24) is 10.9 Å². The number of carbonyl (C=O) groups is 2. The van der Waals surface area contributed by atoms with Gasteiger partial charge >= 0.3 is 0 Å². The Bertz CT molecular complexity index is 3260. The third-order valence-electron chi connectivity index (χ3n) is 10.1. The van der Waals surface area contributed by atoms with Crippen molar-refractivity contribution in [2.24, 2.45) is 30.7 Å². The molecule has 0 unspecified atom stereocenters. The number of rotatable bonds is 13. The number of nitrogens with one attached hydrogen (secondary N) is 2. The lowest BCUT2D eigenvalue weighted by molar-refractivity contribution is -0.385. The van der Waals surface area contributed by atoms with Crippen molar-refractivity contribution in [3.8, 4) is 22.6 Å². The van der Waals surface area contributed by atoms with Gasteiger partial charge in [0.2, 0.25) is 0 Å². The number of hydrogen-bond donors (Lipinski definition) is 4. The third-order valence-corrected chi connectivity index (χ3v) is 10.8. The fraction of sp³-hybridized carbons (Fsp3) is 0. The van der Waals surface area contributed by atoms with Gasteiger partial charge in [-0.3, -0.25) is 29.8 Å². The van der Waals surface area contributed by atoms with Crippen LogP contribution in [-0.2, 0) is 0 Å². The highest BCUT2D eigenvalue weighted by molar-refractivity contribution is 6.34. The molecule has 0 radical (unpaired) electrons. The van der Waals surface area contributed by atoms with Gasteiger partial charge < -0.3 is 10.2 Å². The Balaban J connectivity index is 0.998. The molecule has 18 nitrogen and oxygen atoms in total. The lowest BCUT2D eigenvalue weighted by atomic mass is 10.0. The minimum atomic E-state index is -0.772. The molecule has 4 N–H and O–H groups in total. The van der Waals surface area contributed by atoms with E-state index in [1.54, 1.807) is 97.1 Å². The topological polar surface area (TPSA) is 259 Å². The van der Waals surface area contributed by atoms with Gasteiger partial charge in [-0.2, -0.15) is 10.2 Å². The monoisotopic (exact) mass is 944 g/mol. The molecule has 0 fully saturated rings. The Morgan fingerprint density at radius 3 is 1.32 bits per heavy atom. The van der Waals surface area contributed by atoms with Gasteiger partial charge in [-0.1, -0.05) is 108 Å². The van der Waals surface area contributed by atoms with Gasteiger partial charge in [0.15, 0.2) is 11.5 Å². The van der Waals surface area contributed by atoms with Crippen molar-refractivity contribution < 1.29 is 29.6 Å². The second kappa shape index (κ2) is 19.9. The van der Waals surface area contributed by atoms with E-state index in [4.69, 9.17) is 23.2 Å². The smallest absolute Gasteiger partial charge is 0.275 e. The molecule has 8 aromatic carbocycles. The Hall–Kier alpha value is -9.26. The second-order valence-corrected chi connectivity index (χ2v) is 15.3. The Labute approximate surface area is 393 Å². The van der Waals surface area contributed by atoms with Crippen molar-refractivity contribution >= 4 is 103 Å². The van der Waals surface area contributed by atoms with Gasteiger partial charge in [0.25, 0.3) is 23.2 Å². The highest BCUT2D eigenvalue weighted by Gasteiger charge is 2.20. The number of nitro benzene ring substituents is 2. The first-order chi connectivity index (χ1) is 32.8. The number of aromatic hydroxyl groups is 2. The normalized spacial score (nSPS) is 11.6. The van der Waals surface area contributed by atoms with Gasteiger partial charge in [-0.05, 0) is 58.3 Å². The first kappa shape index (κ1) is 45.3. The summed E-state index contributed by atoms with van der Waals surface area (Å²) in [6.07, 6.45) is 2.47. The van der Waals surface area contributed by atoms with Gasteiger partial charge in [-0.15, -0.1) is 20.5 Å². The maximum Gasteiger partial charge on any atom is 0.275 e. The van der Waals surface area contributed by atoms with E-state index in [1.807, 2.05) is 0 Å². The molecule has 0 aliphatic rings. The zero-order chi connectivity index (χ0) is 47.9. The molecule has 0 spiro atoms. The molecular formula is C48H30Cl2N10O8.